The molecule has 0 radical (unpaired) electrons. The topological polar surface area (TPSA) is 26.1 Å². The maximum Gasteiger partial charge on any atom is 0.231 e. The Morgan fingerprint density at radius 2 is 1.69 bits per heavy atom. The molecule has 3 heterocycles. The number of benzene rings is 1. The average molecular weight is 345 g/mol. The van der Waals surface area contributed by atoms with Gasteiger partial charge in [-0.2, -0.15) is 4.57 Å². The Hall–Kier alpha value is -2.88. The van der Waals surface area contributed by atoms with Gasteiger partial charge in [0.25, 0.3) is 0 Å². The number of fused-ring (bicyclic) bond motifs is 1. The van der Waals surface area contributed by atoms with Crippen molar-refractivity contribution in [3.05, 3.63) is 65.1 Å². The van der Waals surface area contributed by atoms with E-state index in [2.05, 4.69) is 97.9 Å². The molecule has 0 fully saturated rings. The SMILES string of the molecule is Cc1ccc(C)c(-c2cccc(-c3cn4c(C)c(C)nc4n3C)[n+]2C)c1. The van der Waals surface area contributed by atoms with Crippen LogP contribution in [0.25, 0.3) is 28.4 Å². The van der Waals surface area contributed by atoms with Gasteiger partial charge in [0.15, 0.2) is 0 Å². The number of aromatic nitrogens is 4. The molecule has 4 heteroatoms. The van der Waals surface area contributed by atoms with Gasteiger partial charge in [-0.05, 0) is 45.4 Å². The normalized spacial score (nSPS) is 11.5. The first kappa shape index (κ1) is 16.6. The number of pyridine rings is 1. The summed E-state index contributed by atoms with van der Waals surface area (Å²) >= 11 is 0. The molecule has 0 atom stereocenters. The van der Waals surface area contributed by atoms with Crippen molar-refractivity contribution in [2.75, 3.05) is 0 Å². The fourth-order valence-electron chi connectivity index (χ4n) is 3.68. The third-order valence-corrected chi connectivity index (χ3v) is 5.44. The molecule has 4 aromatic rings. The summed E-state index contributed by atoms with van der Waals surface area (Å²) < 4.78 is 6.62. The highest BCUT2D eigenvalue weighted by Gasteiger charge is 2.22. The lowest BCUT2D eigenvalue weighted by Gasteiger charge is -2.09. The third kappa shape index (κ3) is 2.37. The molecular weight excluding hydrogens is 320 g/mol. The molecule has 0 unspecified atom stereocenters. The van der Waals surface area contributed by atoms with Crippen molar-refractivity contribution in [3.63, 3.8) is 0 Å². The van der Waals surface area contributed by atoms with E-state index in [1.165, 1.54) is 33.8 Å². The molecule has 3 aromatic heterocycles. The van der Waals surface area contributed by atoms with Gasteiger partial charge in [-0.3, -0.25) is 4.40 Å². The van der Waals surface area contributed by atoms with Crippen LogP contribution in [0, 0.1) is 27.7 Å². The molecule has 0 spiro atoms. The molecule has 0 aliphatic carbocycles. The minimum atomic E-state index is 0.979. The lowest BCUT2D eigenvalue weighted by molar-refractivity contribution is -0.649. The van der Waals surface area contributed by atoms with Gasteiger partial charge in [-0.1, -0.05) is 17.7 Å². The Balaban J connectivity index is 1.94. The molecule has 4 rings (SSSR count). The monoisotopic (exact) mass is 345 g/mol. The standard InChI is InChI=1S/C22H25N4/c1-14-10-11-15(2)18(12-14)19-8-7-9-20(24(19)5)21-13-26-17(4)16(3)23-22(26)25(21)6/h7-13H,1-6H3/q+1. The molecule has 0 saturated carbocycles. The quantitative estimate of drug-likeness (QED) is 0.503. The van der Waals surface area contributed by atoms with Crippen molar-refractivity contribution in [2.45, 2.75) is 27.7 Å². The van der Waals surface area contributed by atoms with Gasteiger partial charge >= 0.3 is 0 Å². The Morgan fingerprint density at radius 3 is 2.42 bits per heavy atom. The number of hydrogen-bond acceptors (Lipinski definition) is 1. The molecule has 0 aliphatic heterocycles. The van der Waals surface area contributed by atoms with E-state index in [-0.39, 0.29) is 0 Å². The predicted octanol–water partition coefficient (Wildman–Crippen LogP) is 4.06. The Kier molecular flexibility index (Phi) is 3.72. The first-order valence-corrected chi connectivity index (χ1v) is 8.96. The van der Waals surface area contributed by atoms with Crippen molar-refractivity contribution < 1.29 is 4.57 Å². The summed E-state index contributed by atoms with van der Waals surface area (Å²) in [6, 6.07) is 13.1. The molecule has 0 N–H and O–H groups in total. The van der Waals surface area contributed by atoms with Crippen molar-refractivity contribution in [1.29, 1.82) is 0 Å². The number of imidazole rings is 2. The maximum atomic E-state index is 4.71. The largest absolute Gasteiger partial charge is 0.308 e. The minimum absolute atomic E-state index is 0.979. The minimum Gasteiger partial charge on any atom is -0.308 e. The van der Waals surface area contributed by atoms with Crippen LogP contribution in [0.4, 0.5) is 0 Å². The maximum absolute atomic E-state index is 4.71. The summed E-state index contributed by atoms with van der Waals surface area (Å²) in [5, 5.41) is 0. The Labute approximate surface area is 154 Å². The van der Waals surface area contributed by atoms with Crippen molar-refractivity contribution in [2.24, 2.45) is 14.1 Å². The van der Waals surface area contributed by atoms with Crippen LogP contribution in [0.5, 0.6) is 0 Å². The molecule has 26 heavy (non-hydrogen) atoms. The van der Waals surface area contributed by atoms with E-state index in [1.807, 2.05) is 0 Å². The van der Waals surface area contributed by atoms with Gasteiger partial charge in [-0.15, -0.1) is 0 Å². The highest BCUT2D eigenvalue weighted by atomic mass is 15.2. The summed E-state index contributed by atoms with van der Waals surface area (Å²) in [5.74, 6) is 0.979. The molecule has 0 bridgehead atoms. The van der Waals surface area contributed by atoms with Crippen molar-refractivity contribution in [1.82, 2.24) is 14.0 Å². The second-order valence-corrected chi connectivity index (χ2v) is 7.20. The molecule has 4 nitrogen and oxygen atoms in total. The lowest BCUT2D eigenvalue weighted by Crippen LogP contribution is -2.34. The zero-order valence-corrected chi connectivity index (χ0v) is 16.3. The summed E-state index contributed by atoms with van der Waals surface area (Å²) in [6.07, 6.45) is 2.19. The van der Waals surface area contributed by atoms with Crippen LogP contribution >= 0.6 is 0 Å². The van der Waals surface area contributed by atoms with Crippen molar-refractivity contribution >= 4 is 5.78 Å². The van der Waals surface area contributed by atoms with Crippen LogP contribution in [0.1, 0.15) is 22.5 Å². The van der Waals surface area contributed by atoms with Crippen LogP contribution in [0.2, 0.25) is 0 Å². The van der Waals surface area contributed by atoms with Gasteiger partial charge in [0.2, 0.25) is 17.2 Å². The van der Waals surface area contributed by atoms with Crippen LogP contribution < -0.4 is 4.57 Å². The van der Waals surface area contributed by atoms with E-state index in [0.29, 0.717) is 0 Å². The van der Waals surface area contributed by atoms with Gasteiger partial charge in [0.05, 0.1) is 5.69 Å². The summed E-state index contributed by atoms with van der Waals surface area (Å²) in [5.41, 5.74) is 9.66. The van der Waals surface area contributed by atoms with Gasteiger partial charge in [-0.25, -0.2) is 4.98 Å². The van der Waals surface area contributed by atoms with Crippen LogP contribution in [0.15, 0.2) is 42.6 Å². The molecule has 132 valence electrons. The number of nitrogens with zero attached hydrogens (tertiary/aromatic N) is 4. The number of hydrogen-bond donors (Lipinski definition) is 0. The van der Waals surface area contributed by atoms with Gasteiger partial charge in [0, 0.05) is 36.6 Å². The third-order valence-electron chi connectivity index (χ3n) is 5.44. The van der Waals surface area contributed by atoms with Crippen LogP contribution in [0.3, 0.4) is 0 Å². The van der Waals surface area contributed by atoms with E-state index in [4.69, 9.17) is 4.98 Å². The zero-order chi connectivity index (χ0) is 18.6. The number of rotatable bonds is 2. The second kappa shape index (κ2) is 5.84. The van der Waals surface area contributed by atoms with E-state index in [0.717, 1.165) is 17.2 Å². The van der Waals surface area contributed by atoms with Gasteiger partial charge in [0.1, 0.15) is 12.7 Å². The molecule has 0 aliphatic rings. The Morgan fingerprint density at radius 1 is 0.962 bits per heavy atom. The van der Waals surface area contributed by atoms with Crippen LogP contribution in [-0.2, 0) is 14.1 Å². The smallest absolute Gasteiger partial charge is 0.231 e. The van der Waals surface area contributed by atoms with E-state index < -0.39 is 0 Å². The van der Waals surface area contributed by atoms with Gasteiger partial charge < -0.3 is 4.57 Å². The zero-order valence-electron chi connectivity index (χ0n) is 16.3. The van der Waals surface area contributed by atoms with Crippen molar-refractivity contribution in [3.8, 4) is 22.6 Å². The highest BCUT2D eigenvalue weighted by Crippen LogP contribution is 2.26. The van der Waals surface area contributed by atoms with E-state index >= 15 is 0 Å². The van der Waals surface area contributed by atoms with E-state index in [9.17, 15) is 0 Å². The molecular formula is C22H25N4+. The summed E-state index contributed by atoms with van der Waals surface area (Å²) in [4.78, 5) is 4.71. The fourth-order valence-corrected chi connectivity index (χ4v) is 3.68. The fraction of sp³-hybridized carbons (Fsp3) is 0.273. The molecule has 1 aromatic carbocycles. The molecule has 0 saturated heterocycles. The summed E-state index contributed by atoms with van der Waals surface area (Å²) in [6.45, 7) is 8.49. The molecule has 0 amide bonds. The van der Waals surface area contributed by atoms with Crippen LogP contribution in [-0.4, -0.2) is 14.0 Å². The summed E-state index contributed by atoms with van der Waals surface area (Å²) in [7, 11) is 4.22. The second-order valence-electron chi connectivity index (χ2n) is 7.20. The lowest BCUT2D eigenvalue weighted by atomic mass is 10.0. The predicted molar refractivity (Wildman–Crippen MR) is 105 cm³/mol. The first-order chi connectivity index (χ1) is 12.4. The number of aryl methyl sites for hydroxylation is 5. The highest BCUT2D eigenvalue weighted by molar-refractivity contribution is 5.64. The Bertz CT molecular complexity index is 1140. The van der Waals surface area contributed by atoms with E-state index in [1.54, 1.807) is 0 Å². The first-order valence-electron chi connectivity index (χ1n) is 8.96. The average Bonchev–Trinajstić information content (AvgIpc) is 3.08.